The topological polar surface area (TPSA) is 51.6 Å². The first-order valence-corrected chi connectivity index (χ1v) is 17.8. The van der Waals surface area contributed by atoms with E-state index in [4.69, 9.17) is 19.9 Å². The van der Waals surface area contributed by atoms with Crippen molar-refractivity contribution < 1.29 is 0 Å². The molecular formula is C46H28N4S. The quantitative estimate of drug-likeness (QED) is 0.171. The predicted molar refractivity (Wildman–Crippen MR) is 213 cm³/mol. The molecule has 0 aliphatic heterocycles. The Kier molecular flexibility index (Phi) is 6.96. The molecule has 0 bridgehead atoms. The SMILES string of the molecule is c1ccc(-c2cccc(-c3nc(-c4ccccc4)nc(-c4ccc5c(c4)sc4ccc6c(-c7ccccc7)nc7ccccc7c6c45)n3)c2)cc1. The van der Waals surface area contributed by atoms with Gasteiger partial charge in [0, 0.05) is 58.6 Å². The number of rotatable bonds is 5. The zero-order valence-corrected chi connectivity index (χ0v) is 28.2. The fourth-order valence-corrected chi connectivity index (χ4v) is 8.24. The van der Waals surface area contributed by atoms with E-state index in [1.54, 1.807) is 11.3 Å². The molecule has 0 unspecified atom stereocenters. The summed E-state index contributed by atoms with van der Waals surface area (Å²) in [5.41, 5.74) is 8.23. The van der Waals surface area contributed by atoms with Gasteiger partial charge in [0.05, 0.1) is 11.2 Å². The summed E-state index contributed by atoms with van der Waals surface area (Å²) in [7, 11) is 0. The monoisotopic (exact) mass is 668 g/mol. The second kappa shape index (κ2) is 12.1. The smallest absolute Gasteiger partial charge is 0.164 e. The average Bonchev–Trinajstić information content (AvgIpc) is 3.59. The van der Waals surface area contributed by atoms with Crippen LogP contribution in [0.4, 0.5) is 0 Å². The molecule has 0 aliphatic rings. The van der Waals surface area contributed by atoms with Crippen LogP contribution in [-0.2, 0) is 0 Å². The number of para-hydroxylation sites is 1. The summed E-state index contributed by atoms with van der Waals surface area (Å²) in [6.45, 7) is 0. The lowest BCUT2D eigenvalue weighted by Gasteiger charge is -2.12. The lowest BCUT2D eigenvalue weighted by atomic mass is 9.96. The second-order valence-electron chi connectivity index (χ2n) is 12.6. The van der Waals surface area contributed by atoms with Gasteiger partial charge in [0.2, 0.25) is 0 Å². The van der Waals surface area contributed by atoms with Gasteiger partial charge < -0.3 is 0 Å². The van der Waals surface area contributed by atoms with Gasteiger partial charge in [-0.3, -0.25) is 0 Å². The third-order valence-electron chi connectivity index (χ3n) is 9.50. The number of hydrogen-bond acceptors (Lipinski definition) is 5. The van der Waals surface area contributed by atoms with Gasteiger partial charge in [0.1, 0.15) is 0 Å². The minimum atomic E-state index is 0.645. The van der Waals surface area contributed by atoms with Crippen LogP contribution in [0.2, 0.25) is 0 Å². The van der Waals surface area contributed by atoms with E-state index < -0.39 is 0 Å². The highest BCUT2D eigenvalue weighted by atomic mass is 32.1. The summed E-state index contributed by atoms with van der Waals surface area (Å²) in [5, 5.41) is 6.03. The fourth-order valence-electron chi connectivity index (χ4n) is 7.08. The van der Waals surface area contributed by atoms with Crippen molar-refractivity contribution in [1.29, 1.82) is 0 Å². The largest absolute Gasteiger partial charge is 0.247 e. The van der Waals surface area contributed by atoms with E-state index in [1.807, 2.05) is 36.4 Å². The average molecular weight is 669 g/mol. The van der Waals surface area contributed by atoms with Crippen LogP contribution >= 0.6 is 11.3 Å². The fraction of sp³-hybridized carbons (Fsp3) is 0. The molecule has 51 heavy (non-hydrogen) atoms. The Hall–Kier alpha value is -6.56. The van der Waals surface area contributed by atoms with Gasteiger partial charge in [-0.15, -0.1) is 11.3 Å². The number of fused-ring (bicyclic) bond motifs is 7. The number of pyridine rings is 1. The van der Waals surface area contributed by atoms with Crippen LogP contribution in [0.25, 0.3) is 98.4 Å². The number of nitrogens with zero attached hydrogens (tertiary/aromatic N) is 4. The summed E-state index contributed by atoms with van der Waals surface area (Å²) in [6.07, 6.45) is 0. The van der Waals surface area contributed by atoms with Crippen LogP contribution in [-0.4, -0.2) is 19.9 Å². The molecule has 0 aliphatic carbocycles. The number of hydrogen-bond donors (Lipinski definition) is 0. The standard InChI is InChI=1S/C46H28N4S/c1-4-13-29(14-5-1)32-19-12-20-33(27-32)45-48-44(31-17-8-3-9-18-31)49-46(50-45)34-23-24-36-40(28-34)51-39-26-25-37-41(42(36)39)35-21-10-11-22-38(35)47-43(37)30-15-6-2-7-16-30/h1-28H. The molecule has 10 rings (SSSR count). The predicted octanol–water partition coefficient (Wildman–Crippen LogP) is 12.3. The van der Waals surface area contributed by atoms with Crippen molar-refractivity contribution in [2.24, 2.45) is 0 Å². The van der Waals surface area contributed by atoms with E-state index in [0.29, 0.717) is 17.5 Å². The third kappa shape index (κ3) is 5.14. The molecule has 4 nitrogen and oxygen atoms in total. The van der Waals surface area contributed by atoms with Crippen molar-refractivity contribution in [3.63, 3.8) is 0 Å². The summed E-state index contributed by atoms with van der Waals surface area (Å²) in [5.74, 6) is 1.94. The van der Waals surface area contributed by atoms with E-state index in [0.717, 1.165) is 55.4 Å². The van der Waals surface area contributed by atoms with Gasteiger partial charge in [-0.2, -0.15) is 0 Å². The van der Waals surface area contributed by atoms with Crippen molar-refractivity contribution in [2.45, 2.75) is 0 Å². The molecule has 0 atom stereocenters. The highest BCUT2D eigenvalue weighted by molar-refractivity contribution is 7.26. The maximum Gasteiger partial charge on any atom is 0.164 e. The van der Waals surface area contributed by atoms with E-state index >= 15 is 0 Å². The Morgan fingerprint density at radius 3 is 1.63 bits per heavy atom. The molecule has 5 heteroatoms. The lowest BCUT2D eigenvalue weighted by molar-refractivity contribution is 1.07. The summed E-state index contributed by atoms with van der Waals surface area (Å²) < 4.78 is 2.43. The van der Waals surface area contributed by atoms with Crippen LogP contribution in [0.5, 0.6) is 0 Å². The molecule has 238 valence electrons. The highest BCUT2D eigenvalue weighted by Gasteiger charge is 2.18. The molecule has 0 fully saturated rings. The Morgan fingerprint density at radius 2 is 0.882 bits per heavy atom. The van der Waals surface area contributed by atoms with Crippen LogP contribution in [0.3, 0.4) is 0 Å². The lowest BCUT2D eigenvalue weighted by Crippen LogP contribution is -2.00. The van der Waals surface area contributed by atoms with Crippen molar-refractivity contribution in [3.05, 3.63) is 170 Å². The Labute approximate surface area is 298 Å². The highest BCUT2D eigenvalue weighted by Crippen LogP contribution is 2.44. The van der Waals surface area contributed by atoms with Crippen LogP contribution in [0.1, 0.15) is 0 Å². The van der Waals surface area contributed by atoms with E-state index in [1.165, 1.54) is 25.6 Å². The molecule has 0 N–H and O–H groups in total. The molecule has 3 heterocycles. The molecule has 0 amide bonds. The first kappa shape index (κ1) is 29.4. The Morgan fingerprint density at radius 1 is 0.314 bits per heavy atom. The Balaban J connectivity index is 1.17. The summed E-state index contributed by atoms with van der Waals surface area (Å²) in [4.78, 5) is 20.3. The van der Waals surface area contributed by atoms with Crippen molar-refractivity contribution >= 4 is 53.2 Å². The third-order valence-corrected chi connectivity index (χ3v) is 10.6. The zero-order chi connectivity index (χ0) is 33.7. The van der Waals surface area contributed by atoms with E-state index in [-0.39, 0.29) is 0 Å². The van der Waals surface area contributed by atoms with Gasteiger partial charge in [0.25, 0.3) is 0 Å². The van der Waals surface area contributed by atoms with Crippen molar-refractivity contribution in [2.75, 3.05) is 0 Å². The summed E-state index contributed by atoms with van der Waals surface area (Å²) in [6, 6.07) is 59.1. The van der Waals surface area contributed by atoms with Crippen LogP contribution in [0, 0.1) is 0 Å². The maximum atomic E-state index is 5.17. The van der Waals surface area contributed by atoms with Crippen LogP contribution < -0.4 is 0 Å². The molecule has 3 aromatic heterocycles. The minimum Gasteiger partial charge on any atom is -0.247 e. The van der Waals surface area contributed by atoms with Crippen molar-refractivity contribution in [3.8, 4) is 56.5 Å². The van der Waals surface area contributed by atoms with E-state index in [2.05, 4.69) is 133 Å². The van der Waals surface area contributed by atoms with Crippen molar-refractivity contribution in [1.82, 2.24) is 19.9 Å². The molecule has 0 spiro atoms. The van der Waals surface area contributed by atoms with Gasteiger partial charge in [-0.1, -0.05) is 146 Å². The molecule has 7 aromatic carbocycles. The molecule has 10 aromatic rings. The minimum absolute atomic E-state index is 0.645. The normalized spacial score (nSPS) is 11.5. The van der Waals surface area contributed by atoms with Crippen LogP contribution in [0.15, 0.2) is 170 Å². The van der Waals surface area contributed by atoms with Gasteiger partial charge in [-0.25, -0.2) is 19.9 Å². The van der Waals surface area contributed by atoms with Gasteiger partial charge in [-0.05, 0) is 35.4 Å². The Bertz CT molecular complexity index is 2900. The molecule has 0 saturated heterocycles. The van der Waals surface area contributed by atoms with Gasteiger partial charge >= 0.3 is 0 Å². The number of thiophene rings is 1. The van der Waals surface area contributed by atoms with E-state index in [9.17, 15) is 0 Å². The molecule has 0 radical (unpaired) electrons. The molecule has 0 saturated carbocycles. The van der Waals surface area contributed by atoms with Gasteiger partial charge in [0.15, 0.2) is 17.5 Å². The maximum absolute atomic E-state index is 5.17. The first-order chi connectivity index (χ1) is 25.3. The first-order valence-electron chi connectivity index (χ1n) is 17.0. The second-order valence-corrected chi connectivity index (χ2v) is 13.7. The zero-order valence-electron chi connectivity index (χ0n) is 27.4. The summed E-state index contributed by atoms with van der Waals surface area (Å²) >= 11 is 1.80. The number of aromatic nitrogens is 4. The molecular weight excluding hydrogens is 641 g/mol. The number of benzene rings is 7.